The van der Waals surface area contributed by atoms with E-state index >= 15 is 0 Å². The maximum Gasteiger partial charge on any atom is 0.135 e. The molecular formula is C14H11Br2ClN2OS. The third-order valence-corrected chi connectivity index (χ3v) is 4.49. The summed E-state index contributed by atoms with van der Waals surface area (Å²) in [6, 6.07) is 9.10. The lowest BCUT2D eigenvalue weighted by Crippen LogP contribution is -2.12. The number of methoxy groups -OCH3 is 1. The second-order valence-corrected chi connectivity index (χ2v) is 6.73. The Kier molecular flexibility index (Phi) is 5.48. The zero-order valence-electron chi connectivity index (χ0n) is 10.9. The fourth-order valence-corrected chi connectivity index (χ4v) is 3.35. The van der Waals surface area contributed by atoms with E-state index in [1.165, 1.54) is 0 Å². The molecule has 0 aromatic heterocycles. The fraction of sp³-hybridized carbons (Fsp3) is 0.0714. The molecule has 0 atom stereocenters. The monoisotopic (exact) mass is 448 g/mol. The van der Waals surface area contributed by atoms with E-state index in [9.17, 15) is 0 Å². The molecule has 0 aliphatic rings. The molecule has 0 spiro atoms. The van der Waals surface area contributed by atoms with E-state index in [4.69, 9.17) is 34.3 Å². The van der Waals surface area contributed by atoms with Crippen molar-refractivity contribution < 1.29 is 4.74 Å². The first kappa shape index (κ1) is 16.5. The summed E-state index contributed by atoms with van der Waals surface area (Å²) < 4.78 is 7.02. The standard InChI is InChI=1S/C14H11Br2ClN2OS/c1-20-13-6-12(9(15)5-10(13)16)19-11-3-2-7(17)4-8(11)14(18)21/h2-6,19H,1H3,(H2,18,21). The minimum atomic E-state index is 0.278. The highest BCUT2D eigenvalue weighted by Gasteiger charge is 2.11. The number of ether oxygens (including phenoxy) is 1. The van der Waals surface area contributed by atoms with E-state index in [0.29, 0.717) is 16.3 Å². The van der Waals surface area contributed by atoms with Crippen molar-refractivity contribution in [2.75, 3.05) is 12.4 Å². The molecule has 21 heavy (non-hydrogen) atoms. The van der Waals surface area contributed by atoms with Gasteiger partial charge in [-0.2, -0.15) is 0 Å². The maximum atomic E-state index is 5.99. The van der Waals surface area contributed by atoms with E-state index in [-0.39, 0.29) is 4.99 Å². The first-order valence-electron chi connectivity index (χ1n) is 5.81. The highest BCUT2D eigenvalue weighted by molar-refractivity contribution is 9.11. The van der Waals surface area contributed by atoms with Gasteiger partial charge in [-0.25, -0.2) is 0 Å². The number of anilines is 2. The van der Waals surface area contributed by atoms with Crippen molar-refractivity contribution >= 4 is 72.0 Å². The summed E-state index contributed by atoms with van der Waals surface area (Å²) in [5.41, 5.74) is 8.03. The van der Waals surface area contributed by atoms with Gasteiger partial charge in [-0.3, -0.25) is 0 Å². The number of nitrogens with one attached hydrogen (secondary N) is 1. The van der Waals surface area contributed by atoms with Crippen LogP contribution in [0.4, 0.5) is 11.4 Å². The van der Waals surface area contributed by atoms with Gasteiger partial charge in [0.25, 0.3) is 0 Å². The number of nitrogens with two attached hydrogens (primary N) is 1. The van der Waals surface area contributed by atoms with E-state index < -0.39 is 0 Å². The summed E-state index contributed by atoms with van der Waals surface area (Å²) >= 11 is 18.0. The average Bonchev–Trinajstić information content (AvgIpc) is 2.43. The van der Waals surface area contributed by atoms with Gasteiger partial charge in [0.2, 0.25) is 0 Å². The van der Waals surface area contributed by atoms with Gasteiger partial charge in [-0.1, -0.05) is 23.8 Å². The Morgan fingerprint density at radius 2 is 1.90 bits per heavy atom. The van der Waals surface area contributed by atoms with Crippen LogP contribution in [0.1, 0.15) is 5.56 Å². The fourth-order valence-electron chi connectivity index (χ4n) is 1.76. The van der Waals surface area contributed by atoms with Crippen molar-refractivity contribution in [1.29, 1.82) is 0 Å². The molecule has 0 fully saturated rings. The normalized spacial score (nSPS) is 10.3. The van der Waals surface area contributed by atoms with Crippen LogP contribution in [0.5, 0.6) is 5.75 Å². The summed E-state index contributed by atoms with van der Waals surface area (Å²) in [5, 5.41) is 3.86. The van der Waals surface area contributed by atoms with Crippen LogP contribution in [0.3, 0.4) is 0 Å². The first-order chi connectivity index (χ1) is 9.92. The largest absolute Gasteiger partial charge is 0.495 e. The molecule has 2 aromatic carbocycles. The zero-order valence-corrected chi connectivity index (χ0v) is 15.7. The molecule has 0 bridgehead atoms. The van der Waals surface area contributed by atoms with Gasteiger partial charge in [0.1, 0.15) is 10.7 Å². The third-order valence-electron chi connectivity index (χ3n) is 2.76. The average molecular weight is 451 g/mol. The van der Waals surface area contributed by atoms with Crippen LogP contribution in [-0.2, 0) is 0 Å². The van der Waals surface area contributed by atoms with Crippen LogP contribution >= 0.6 is 55.7 Å². The van der Waals surface area contributed by atoms with E-state index in [1.807, 2.05) is 18.2 Å². The van der Waals surface area contributed by atoms with Crippen LogP contribution in [-0.4, -0.2) is 12.1 Å². The third kappa shape index (κ3) is 3.88. The molecular weight excluding hydrogens is 439 g/mol. The number of benzene rings is 2. The summed E-state index contributed by atoms with van der Waals surface area (Å²) in [5.74, 6) is 0.714. The topological polar surface area (TPSA) is 47.3 Å². The number of rotatable bonds is 4. The Morgan fingerprint density at radius 3 is 2.52 bits per heavy atom. The summed E-state index contributed by atoms with van der Waals surface area (Å²) in [7, 11) is 1.61. The van der Waals surface area contributed by atoms with Crippen LogP contribution in [0.15, 0.2) is 39.3 Å². The lowest BCUT2D eigenvalue weighted by Gasteiger charge is -2.15. The first-order valence-corrected chi connectivity index (χ1v) is 8.19. The Morgan fingerprint density at radius 1 is 1.19 bits per heavy atom. The molecule has 7 heteroatoms. The Balaban J connectivity index is 2.45. The zero-order chi connectivity index (χ0) is 15.6. The Bertz CT molecular complexity index is 710. The van der Waals surface area contributed by atoms with Crippen molar-refractivity contribution in [3.63, 3.8) is 0 Å². The summed E-state index contributed by atoms with van der Waals surface area (Å²) in [6.07, 6.45) is 0. The van der Waals surface area contributed by atoms with Gasteiger partial charge >= 0.3 is 0 Å². The SMILES string of the molecule is COc1cc(Nc2ccc(Cl)cc2C(N)=S)c(Br)cc1Br. The molecule has 0 heterocycles. The quantitative estimate of drug-likeness (QED) is 0.625. The van der Waals surface area contributed by atoms with Crippen LogP contribution in [0.2, 0.25) is 5.02 Å². The highest BCUT2D eigenvalue weighted by atomic mass is 79.9. The van der Waals surface area contributed by atoms with E-state index in [0.717, 1.165) is 20.3 Å². The van der Waals surface area contributed by atoms with Crippen molar-refractivity contribution in [2.45, 2.75) is 0 Å². The molecule has 0 saturated carbocycles. The molecule has 0 aliphatic heterocycles. The minimum Gasteiger partial charge on any atom is -0.495 e. The maximum absolute atomic E-state index is 5.99. The van der Waals surface area contributed by atoms with Gasteiger partial charge in [0, 0.05) is 26.8 Å². The van der Waals surface area contributed by atoms with Crippen LogP contribution in [0.25, 0.3) is 0 Å². The second kappa shape index (κ2) is 6.96. The van der Waals surface area contributed by atoms with Crippen molar-refractivity contribution in [1.82, 2.24) is 0 Å². The molecule has 0 amide bonds. The number of hydrogen-bond acceptors (Lipinski definition) is 3. The molecule has 110 valence electrons. The molecule has 2 rings (SSSR count). The lowest BCUT2D eigenvalue weighted by atomic mass is 10.1. The Hall–Kier alpha value is -0.820. The van der Waals surface area contributed by atoms with Gasteiger partial charge < -0.3 is 15.8 Å². The summed E-state index contributed by atoms with van der Waals surface area (Å²) in [4.78, 5) is 0.278. The van der Waals surface area contributed by atoms with E-state index in [2.05, 4.69) is 37.2 Å². The van der Waals surface area contributed by atoms with E-state index in [1.54, 1.807) is 19.2 Å². The molecule has 3 N–H and O–H groups in total. The predicted molar refractivity (Wildman–Crippen MR) is 99.0 cm³/mol. The molecule has 2 aromatic rings. The number of thiocarbonyl (C=S) groups is 1. The Labute approximate surface area is 150 Å². The van der Waals surface area contributed by atoms with Crippen LogP contribution in [0, 0.1) is 0 Å². The molecule has 0 aliphatic carbocycles. The predicted octanol–water partition coefficient (Wildman–Crippen LogP) is 5.25. The lowest BCUT2D eigenvalue weighted by molar-refractivity contribution is 0.412. The minimum absolute atomic E-state index is 0.278. The van der Waals surface area contributed by atoms with Gasteiger partial charge in [-0.15, -0.1) is 0 Å². The van der Waals surface area contributed by atoms with Crippen molar-refractivity contribution in [2.24, 2.45) is 5.73 Å². The van der Waals surface area contributed by atoms with Gasteiger partial charge in [0.05, 0.1) is 17.3 Å². The molecule has 0 unspecified atom stereocenters. The number of halogens is 3. The van der Waals surface area contributed by atoms with Gasteiger partial charge in [0.15, 0.2) is 0 Å². The summed E-state index contributed by atoms with van der Waals surface area (Å²) in [6.45, 7) is 0. The smallest absolute Gasteiger partial charge is 0.135 e. The molecule has 0 radical (unpaired) electrons. The molecule has 3 nitrogen and oxygen atoms in total. The van der Waals surface area contributed by atoms with Gasteiger partial charge in [-0.05, 0) is 56.1 Å². The second-order valence-electron chi connectivity index (χ2n) is 4.15. The van der Waals surface area contributed by atoms with Crippen LogP contribution < -0.4 is 15.8 Å². The van der Waals surface area contributed by atoms with Crippen molar-refractivity contribution in [3.8, 4) is 5.75 Å². The number of hydrogen-bond donors (Lipinski definition) is 2. The molecule has 0 saturated heterocycles. The highest BCUT2D eigenvalue weighted by Crippen LogP contribution is 2.36. The van der Waals surface area contributed by atoms with Crippen molar-refractivity contribution in [3.05, 3.63) is 49.9 Å².